The van der Waals surface area contributed by atoms with E-state index in [-0.39, 0.29) is 5.75 Å². The molecule has 0 bridgehead atoms. The Morgan fingerprint density at radius 3 is 2.86 bits per heavy atom. The number of hydrogen-bond acceptors (Lipinski definition) is 3. The minimum absolute atomic E-state index is 0.156. The zero-order valence-electron chi connectivity index (χ0n) is 8.13. The number of hydrogen-bond donors (Lipinski definition) is 1. The van der Waals surface area contributed by atoms with Crippen LogP contribution in [0.3, 0.4) is 0 Å². The van der Waals surface area contributed by atoms with E-state index in [0.717, 1.165) is 0 Å². The maximum Gasteiger partial charge on any atom is 0.197 e. The van der Waals surface area contributed by atoms with Gasteiger partial charge in [0.2, 0.25) is 0 Å². The summed E-state index contributed by atoms with van der Waals surface area (Å²) in [6.45, 7) is 0.921. The van der Waals surface area contributed by atoms with Gasteiger partial charge in [0.1, 0.15) is 0 Å². The fraction of sp³-hybridized carbons (Fsp3) is 0.400. The van der Waals surface area contributed by atoms with Gasteiger partial charge in [0.25, 0.3) is 0 Å². The Morgan fingerprint density at radius 1 is 1.43 bits per heavy atom. The molecule has 0 aliphatic carbocycles. The molecule has 0 saturated carbocycles. The molecule has 0 amide bonds. The average molecular weight is 199 g/mol. The minimum atomic E-state index is -0.415. The summed E-state index contributed by atoms with van der Waals surface area (Å²) in [5.74, 6) is 0.145. The van der Waals surface area contributed by atoms with E-state index in [0.29, 0.717) is 25.3 Å². The van der Waals surface area contributed by atoms with Crippen LogP contribution >= 0.6 is 0 Å². The first kappa shape index (κ1) is 10.8. The molecule has 0 aliphatic rings. The van der Waals surface area contributed by atoms with Crippen molar-refractivity contribution in [3.63, 3.8) is 0 Å². The molecule has 1 aromatic carbocycles. The quantitative estimate of drug-likeness (QED) is 0.732. The highest BCUT2D eigenvalue weighted by atomic mass is 19.1. The third kappa shape index (κ3) is 2.60. The van der Waals surface area contributed by atoms with Crippen LogP contribution in [0.1, 0.15) is 6.42 Å². The molecule has 4 heteroatoms. The van der Waals surface area contributed by atoms with Crippen molar-refractivity contribution >= 4 is 0 Å². The fourth-order valence-electron chi connectivity index (χ4n) is 1.05. The Morgan fingerprint density at radius 2 is 2.21 bits per heavy atom. The van der Waals surface area contributed by atoms with Crippen LogP contribution in [0.5, 0.6) is 11.5 Å². The summed E-state index contributed by atoms with van der Waals surface area (Å²) in [4.78, 5) is 0. The lowest BCUT2D eigenvalue weighted by Crippen LogP contribution is -2.07. The van der Waals surface area contributed by atoms with Gasteiger partial charge >= 0.3 is 0 Å². The van der Waals surface area contributed by atoms with E-state index in [2.05, 4.69) is 0 Å². The lowest BCUT2D eigenvalue weighted by Gasteiger charge is -2.10. The SMILES string of the molecule is COc1cccc(F)c1OCCCN. The Hall–Kier alpha value is -1.29. The molecule has 14 heavy (non-hydrogen) atoms. The lowest BCUT2D eigenvalue weighted by molar-refractivity contribution is 0.276. The van der Waals surface area contributed by atoms with E-state index in [9.17, 15) is 4.39 Å². The summed E-state index contributed by atoms with van der Waals surface area (Å²) in [6.07, 6.45) is 0.692. The molecule has 0 unspecified atom stereocenters. The summed E-state index contributed by atoms with van der Waals surface area (Å²) in [7, 11) is 1.48. The monoisotopic (exact) mass is 199 g/mol. The van der Waals surface area contributed by atoms with E-state index in [1.54, 1.807) is 12.1 Å². The summed E-state index contributed by atoms with van der Waals surface area (Å²) >= 11 is 0. The number of halogens is 1. The molecule has 78 valence electrons. The Kier molecular flexibility index (Phi) is 4.19. The standard InChI is InChI=1S/C10H14FNO2/c1-13-9-5-2-4-8(11)10(9)14-7-3-6-12/h2,4-5H,3,6-7,12H2,1H3. The normalized spacial score (nSPS) is 9.93. The molecule has 3 nitrogen and oxygen atoms in total. The Bertz CT molecular complexity index is 291. The number of rotatable bonds is 5. The first-order chi connectivity index (χ1) is 6.79. The highest BCUT2D eigenvalue weighted by molar-refractivity contribution is 5.40. The van der Waals surface area contributed by atoms with Crippen molar-refractivity contribution in [2.24, 2.45) is 5.73 Å². The van der Waals surface area contributed by atoms with Gasteiger partial charge in [0.15, 0.2) is 17.3 Å². The number of methoxy groups -OCH3 is 1. The van der Waals surface area contributed by atoms with Crippen molar-refractivity contribution in [1.82, 2.24) is 0 Å². The van der Waals surface area contributed by atoms with Crippen LogP contribution in [-0.4, -0.2) is 20.3 Å². The Labute approximate surface area is 82.6 Å². The van der Waals surface area contributed by atoms with Crippen LogP contribution in [0.2, 0.25) is 0 Å². The number of benzene rings is 1. The molecular weight excluding hydrogens is 185 g/mol. The van der Waals surface area contributed by atoms with Gasteiger partial charge in [0, 0.05) is 0 Å². The molecule has 0 heterocycles. The van der Waals surface area contributed by atoms with Gasteiger partial charge in [-0.15, -0.1) is 0 Å². The topological polar surface area (TPSA) is 44.5 Å². The summed E-state index contributed by atoms with van der Waals surface area (Å²) in [5, 5.41) is 0. The minimum Gasteiger partial charge on any atom is -0.493 e. The predicted molar refractivity (Wildman–Crippen MR) is 52.1 cm³/mol. The molecule has 0 atom stereocenters. The highest BCUT2D eigenvalue weighted by Gasteiger charge is 2.09. The van der Waals surface area contributed by atoms with Crippen molar-refractivity contribution in [3.05, 3.63) is 24.0 Å². The van der Waals surface area contributed by atoms with Crippen molar-refractivity contribution in [2.75, 3.05) is 20.3 Å². The molecule has 0 fully saturated rings. The number of nitrogens with two attached hydrogens (primary N) is 1. The first-order valence-electron chi connectivity index (χ1n) is 4.45. The average Bonchev–Trinajstić information content (AvgIpc) is 2.20. The molecular formula is C10H14FNO2. The van der Waals surface area contributed by atoms with Gasteiger partial charge in [-0.2, -0.15) is 0 Å². The second kappa shape index (κ2) is 5.44. The number of ether oxygens (including phenoxy) is 2. The maximum atomic E-state index is 13.2. The first-order valence-corrected chi connectivity index (χ1v) is 4.45. The van der Waals surface area contributed by atoms with E-state index >= 15 is 0 Å². The molecule has 2 N–H and O–H groups in total. The van der Waals surface area contributed by atoms with Crippen molar-refractivity contribution in [1.29, 1.82) is 0 Å². The van der Waals surface area contributed by atoms with E-state index in [1.807, 2.05) is 0 Å². The zero-order chi connectivity index (χ0) is 10.4. The summed E-state index contributed by atoms with van der Waals surface area (Å²) in [5.41, 5.74) is 5.30. The molecule has 1 aromatic rings. The second-order valence-corrected chi connectivity index (χ2v) is 2.76. The molecule has 0 aliphatic heterocycles. The van der Waals surface area contributed by atoms with E-state index < -0.39 is 5.82 Å². The van der Waals surface area contributed by atoms with Gasteiger partial charge in [0.05, 0.1) is 13.7 Å². The van der Waals surface area contributed by atoms with Gasteiger partial charge in [-0.3, -0.25) is 0 Å². The summed E-state index contributed by atoms with van der Waals surface area (Å²) in [6, 6.07) is 4.56. The molecule has 0 aromatic heterocycles. The largest absolute Gasteiger partial charge is 0.493 e. The van der Waals surface area contributed by atoms with Crippen LogP contribution in [0, 0.1) is 5.82 Å². The van der Waals surface area contributed by atoms with E-state index in [4.69, 9.17) is 15.2 Å². The third-order valence-electron chi connectivity index (χ3n) is 1.75. The van der Waals surface area contributed by atoms with Crippen LogP contribution in [0.15, 0.2) is 18.2 Å². The highest BCUT2D eigenvalue weighted by Crippen LogP contribution is 2.29. The van der Waals surface area contributed by atoms with Gasteiger partial charge in [-0.05, 0) is 25.1 Å². The van der Waals surface area contributed by atoms with Crippen molar-refractivity contribution in [2.45, 2.75) is 6.42 Å². The molecule has 1 rings (SSSR count). The van der Waals surface area contributed by atoms with Crippen LogP contribution in [0.25, 0.3) is 0 Å². The zero-order valence-corrected chi connectivity index (χ0v) is 8.13. The van der Waals surface area contributed by atoms with Gasteiger partial charge < -0.3 is 15.2 Å². The third-order valence-corrected chi connectivity index (χ3v) is 1.75. The second-order valence-electron chi connectivity index (χ2n) is 2.76. The fourth-order valence-corrected chi connectivity index (χ4v) is 1.05. The Balaban J connectivity index is 2.72. The van der Waals surface area contributed by atoms with Crippen molar-refractivity contribution in [3.8, 4) is 11.5 Å². The van der Waals surface area contributed by atoms with Crippen LogP contribution in [0.4, 0.5) is 4.39 Å². The summed E-state index contributed by atoms with van der Waals surface area (Å²) < 4.78 is 23.4. The van der Waals surface area contributed by atoms with Gasteiger partial charge in [-0.25, -0.2) is 4.39 Å². The van der Waals surface area contributed by atoms with Crippen molar-refractivity contribution < 1.29 is 13.9 Å². The molecule has 0 spiro atoms. The van der Waals surface area contributed by atoms with Crippen LogP contribution < -0.4 is 15.2 Å². The molecule has 0 radical (unpaired) electrons. The molecule has 0 saturated heterocycles. The van der Waals surface area contributed by atoms with Crippen LogP contribution in [-0.2, 0) is 0 Å². The predicted octanol–water partition coefficient (Wildman–Crippen LogP) is 1.56. The smallest absolute Gasteiger partial charge is 0.197 e. The maximum absolute atomic E-state index is 13.2. The lowest BCUT2D eigenvalue weighted by atomic mass is 10.3. The number of para-hydroxylation sites is 1. The van der Waals surface area contributed by atoms with E-state index in [1.165, 1.54) is 13.2 Å². The van der Waals surface area contributed by atoms with Gasteiger partial charge in [-0.1, -0.05) is 6.07 Å².